The van der Waals surface area contributed by atoms with Crippen molar-refractivity contribution in [1.29, 1.82) is 0 Å². The first-order valence-corrected chi connectivity index (χ1v) is 6.59. The van der Waals surface area contributed by atoms with Crippen LogP contribution < -0.4 is 5.32 Å². The Morgan fingerprint density at radius 1 is 1.50 bits per heavy atom. The molecular weight excluding hydrogens is 305 g/mol. The Morgan fingerprint density at radius 3 is 2.75 bits per heavy atom. The van der Waals surface area contributed by atoms with Gasteiger partial charge in [0.25, 0.3) is 0 Å². The van der Waals surface area contributed by atoms with Crippen LogP contribution in [0.25, 0.3) is 0 Å². The van der Waals surface area contributed by atoms with Crippen molar-refractivity contribution in [3.63, 3.8) is 0 Å². The van der Waals surface area contributed by atoms with E-state index in [1.807, 2.05) is 6.26 Å². The molecule has 0 bridgehead atoms. The summed E-state index contributed by atoms with van der Waals surface area (Å²) in [6.45, 7) is 0.457. The number of nitrogens with zero attached hydrogens (tertiary/aromatic N) is 1. The highest BCUT2D eigenvalue weighted by Gasteiger charge is 2.34. The summed E-state index contributed by atoms with van der Waals surface area (Å²) >= 11 is 4.53. The van der Waals surface area contributed by atoms with Crippen molar-refractivity contribution in [2.45, 2.75) is 6.18 Å². The first-order chi connectivity index (χ1) is 7.45. The molecule has 0 saturated heterocycles. The molecule has 0 amide bonds. The van der Waals surface area contributed by atoms with Gasteiger partial charge in [-0.25, -0.2) is 4.98 Å². The van der Waals surface area contributed by atoms with E-state index in [1.165, 1.54) is 6.20 Å². The lowest BCUT2D eigenvalue weighted by Gasteiger charge is -2.13. The van der Waals surface area contributed by atoms with Crippen molar-refractivity contribution in [2.24, 2.45) is 0 Å². The zero-order valence-corrected chi connectivity index (χ0v) is 10.8. The molecule has 0 unspecified atom stereocenters. The van der Waals surface area contributed by atoms with Crippen molar-refractivity contribution in [3.05, 3.63) is 22.3 Å². The van der Waals surface area contributed by atoms with Gasteiger partial charge in [-0.2, -0.15) is 24.9 Å². The third-order valence-corrected chi connectivity index (χ3v) is 2.80. The van der Waals surface area contributed by atoms with Crippen LogP contribution in [0, 0.1) is 0 Å². The van der Waals surface area contributed by atoms with Crippen LogP contribution in [0.2, 0.25) is 0 Å². The molecule has 0 radical (unpaired) electrons. The molecule has 0 atom stereocenters. The monoisotopic (exact) mass is 314 g/mol. The third-order valence-electron chi connectivity index (χ3n) is 1.76. The fourth-order valence-corrected chi connectivity index (χ4v) is 1.71. The number of nitrogens with one attached hydrogen (secondary N) is 1. The lowest BCUT2D eigenvalue weighted by molar-refractivity contribution is -0.137. The number of anilines is 1. The number of aromatic nitrogens is 1. The molecule has 1 N–H and O–H groups in total. The normalized spacial score (nSPS) is 11.6. The summed E-state index contributed by atoms with van der Waals surface area (Å²) in [7, 11) is 0. The topological polar surface area (TPSA) is 24.9 Å². The molecule has 2 nitrogen and oxygen atoms in total. The van der Waals surface area contributed by atoms with Gasteiger partial charge < -0.3 is 5.32 Å². The minimum absolute atomic E-state index is 0.121. The SMILES string of the molecule is CSCCNc1ncc(Br)cc1C(F)(F)F. The van der Waals surface area contributed by atoms with E-state index in [-0.39, 0.29) is 5.82 Å². The predicted molar refractivity (Wildman–Crippen MR) is 63.8 cm³/mol. The molecule has 0 aromatic carbocycles. The highest BCUT2D eigenvalue weighted by molar-refractivity contribution is 9.10. The number of alkyl halides is 3. The summed E-state index contributed by atoms with van der Waals surface area (Å²) < 4.78 is 38.2. The summed E-state index contributed by atoms with van der Waals surface area (Å²) in [5, 5.41) is 2.68. The number of rotatable bonds is 4. The van der Waals surface area contributed by atoms with E-state index in [1.54, 1.807) is 11.8 Å². The van der Waals surface area contributed by atoms with Crippen molar-refractivity contribution in [2.75, 3.05) is 23.9 Å². The van der Waals surface area contributed by atoms with Crippen molar-refractivity contribution in [1.82, 2.24) is 4.98 Å². The zero-order chi connectivity index (χ0) is 12.2. The van der Waals surface area contributed by atoms with Crippen LogP contribution in [0.3, 0.4) is 0 Å². The Kier molecular flexibility index (Phi) is 4.91. The van der Waals surface area contributed by atoms with E-state index < -0.39 is 11.7 Å². The Balaban J connectivity index is 2.90. The summed E-state index contributed by atoms with van der Waals surface area (Å²) in [5.41, 5.74) is -0.747. The quantitative estimate of drug-likeness (QED) is 0.859. The Hall–Kier alpha value is -0.430. The molecule has 0 aliphatic rings. The van der Waals surface area contributed by atoms with Crippen molar-refractivity contribution < 1.29 is 13.2 Å². The number of hydrogen-bond acceptors (Lipinski definition) is 3. The number of halogens is 4. The van der Waals surface area contributed by atoms with Gasteiger partial charge in [0.2, 0.25) is 0 Å². The van der Waals surface area contributed by atoms with Gasteiger partial charge in [0, 0.05) is 23.0 Å². The average Bonchev–Trinajstić information content (AvgIpc) is 2.19. The maximum atomic E-state index is 12.6. The molecule has 1 rings (SSSR count). The second-order valence-electron chi connectivity index (χ2n) is 2.97. The summed E-state index contributed by atoms with van der Waals surface area (Å²) in [4.78, 5) is 3.73. The van der Waals surface area contributed by atoms with Crippen LogP contribution in [0.4, 0.5) is 19.0 Å². The molecule has 0 saturated carbocycles. The van der Waals surface area contributed by atoms with Crippen LogP contribution in [-0.4, -0.2) is 23.5 Å². The van der Waals surface area contributed by atoms with Gasteiger partial charge in [0.15, 0.2) is 0 Å². The fraction of sp³-hybridized carbons (Fsp3) is 0.444. The predicted octanol–water partition coefficient (Wildman–Crippen LogP) is 3.64. The molecule has 1 aromatic rings. The minimum Gasteiger partial charge on any atom is -0.369 e. The largest absolute Gasteiger partial charge is 0.419 e. The maximum absolute atomic E-state index is 12.6. The van der Waals surface area contributed by atoms with E-state index in [0.717, 1.165) is 11.8 Å². The lowest BCUT2D eigenvalue weighted by atomic mass is 10.2. The molecule has 1 aromatic heterocycles. The maximum Gasteiger partial charge on any atom is 0.419 e. The average molecular weight is 315 g/mol. The van der Waals surface area contributed by atoms with Gasteiger partial charge in [0.05, 0.1) is 5.56 Å². The summed E-state index contributed by atoms with van der Waals surface area (Å²) in [5.74, 6) is 0.611. The van der Waals surface area contributed by atoms with Crippen LogP contribution in [0.15, 0.2) is 16.7 Å². The summed E-state index contributed by atoms with van der Waals surface area (Å²) in [6, 6.07) is 1.02. The molecule has 0 fully saturated rings. The highest BCUT2D eigenvalue weighted by Crippen LogP contribution is 2.35. The van der Waals surface area contributed by atoms with E-state index in [9.17, 15) is 13.2 Å². The molecule has 1 heterocycles. The zero-order valence-electron chi connectivity index (χ0n) is 8.44. The van der Waals surface area contributed by atoms with E-state index in [2.05, 4.69) is 26.2 Å². The summed E-state index contributed by atoms with van der Waals surface area (Å²) in [6.07, 6.45) is -1.16. The Morgan fingerprint density at radius 2 is 2.19 bits per heavy atom. The van der Waals surface area contributed by atoms with Crippen molar-refractivity contribution in [3.8, 4) is 0 Å². The lowest BCUT2D eigenvalue weighted by Crippen LogP contribution is -2.14. The van der Waals surface area contributed by atoms with Crippen LogP contribution >= 0.6 is 27.7 Å². The third kappa shape index (κ3) is 3.86. The second kappa shape index (κ2) is 5.77. The highest BCUT2D eigenvalue weighted by atomic mass is 79.9. The smallest absolute Gasteiger partial charge is 0.369 e. The van der Waals surface area contributed by atoms with Crippen LogP contribution in [0.1, 0.15) is 5.56 Å². The number of hydrogen-bond donors (Lipinski definition) is 1. The number of thioether (sulfide) groups is 1. The van der Waals surface area contributed by atoms with E-state index in [4.69, 9.17) is 0 Å². The van der Waals surface area contributed by atoms with Crippen molar-refractivity contribution >= 4 is 33.5 Å². The Labute approximate surface area is 104 Å². The molecule has 0 spiro atoms. The standard InChI is InChI=1S/C9H10BrF3N2S/c1-16-3-2-14-8-7(9(11,12)13)4-6(10)5-15-8/h4-5H,2-3H2,1H3,(H,14,15). The molecule has 16 heavy (non-hydrogen) atoms. The van der Waals surface area contributed by atoms with Gasteiger partial charge >= 0.3 is 6.18 Å². The second-order valence-corrected chi connectivity index (χ2v) is 4.87. The molecular formula is C9H10BrF3N2S. The molecule has 7 heteroatoms. The van der Waals surface area contributed by atoms with E-state index in [0.29, 0.717) is 11.0 Å². The first kappa shape index (κ1) is 13.6. The first-order valence-electron chi connectivity index (χ1n) is 4.40. The minimum atomic E-state index is -4.39. The Bertz CT molecular complexity index is 357. The van der Waals surface area contributed by atoms with Gasteiger partial charge in [-0.3, -0.25) is 0 Å². The molecule has 0 aliphatic heterocycles. The number of pyridine rings is 1. The molecule has 0 aliphatic carbocycles. The van der Waals surface area contributed by atoms with Gasteiger partial charge in [-0.05, 0) is 28.3 Å². The van der Waals surface area contributed by atoms with Gasteiger partial charge in [0.1, 0.15) is 5.82 Å². The van der Waals surface area contributed by atoms with Crippen LogP contribution in [0.5, 0.6) is 0 Å². The van der Waals surface area contributed by atoms with Gasteiger partial charge in [-0.1, -0.05) is 0 Å². The molecule has 90 valence electrons. The van der Waals surface area contributed by atoms with Gasteiger partial charge in [-0.15, -0.1) is 0 Å². The van der Waals surface area contributed by atoms with Crippen LogP contribution in [-0.2, 0) is 6.18 Å². The fourth-order valence-electron chi connectivity index (χ4n) is 1.07. The van der Waals surface area contributed by atoms with E-state index >= 15 is 0 Å².